The van der Waals surface area contributed by atoms with Gasteiger partial charge >= 0.3 is 0 Å². The molecule has 2 aromatic rings. The van der Waals surface area contributed by atoms with Crippen molar-refractivity contribution >= 4 is 20.2 Å². The second kappa shape index (κ2) is 9.38. The molecule has 8 bridgehead atoms. The zero-order chi connectivity index (χ0) is 28.1. The lowest BCUT2D eigenvalue weighted by Crippen LogP contribution is -2.49. The van der Waals surface area contributed by atoms with Gasteiger partial charge in [0, 0.05) is 0 Å². The van der Waals surface area contributed by atoms with E-state index >= 15 is 0 Å². The van der Waals surface area contributed by atoms with Crippen LogP contribution in [0.2, 0.25) is 0 Å². The van der Waals surface area contributed by atoms with Crippen molar-refractivity contribution in [3.05, 3.63) is 65.2 Å². The van der Waals surface area contributed by atoms with Crippen molar-refractivity contribution in [2.75, 3.05) is 0 Å². The van der Waals surface area contributed by atoms with Gasteiger partial charge in [-0.1, -0.05) is 42.5 Å². The maximum Gasteiger partial charge on any atom is 0.298 e. The molecule has 6 nitrogen and oxygen atoms in total. The van der Waals surface area contributed by atoms with Crippen molar-refractivity contribution in [1.29, 1.82) is 0 Å². The van der Waals surface area contributed by atoms with Crippen LogP contribution in [-0.2, 0) is 29.8 Å². The van der Waals surface area contributed by atoms with Gasteiger partial charge in [-0.15, -0.1) is 0 Å². The summed E-state index contributed by atoms with van der Waals surface area (Å²) in [6, 6.07) is 13.8. The van der Waals surface area contributed by atoms with Gasteiger partial charge in [0.2, 0.25) is 0 Å². The molecule has 10 rings (SSSR count). The van der Waals surface area contributed by atoms with Crippen LogP contribution in [0.25, 0.3) is 0 Å². The number of hydrogen-bond acceptors (Lipinski definition) is 6. The zero-order valence-corrected chi connectivity index (χ0v) is 25.0. The molecule has 2 aromatic carbocycles. The summed E-state index contributed by atoms with van der Waals surface area (Å²) in [6.07, 6.45) is 12.8. The van der Waals surface area contributed by atoms with E-state index in [2.05, 4.69) is 12.1 Å². The molecular weight excluding hydrogens is 556 g/mol. The van der Waals surface area contributed by atoms with Crippen molar-refractivity contribution in [3.63, 3.8) is 0 Å². The molecule has 0 heterocycles. The highest BCUT2D eigenvalue weighted by Gasteiger charge is 2.54. The Morgan fingerprint density at radius 2 is 1.24 bits per heavy atom. The van der Waals surface area contributed by atoms with Crippen LogP contribution in [0.4, 0.5) is 0 Å². The van der Waals surface area contributed by atoms with E-state index < -0.39 is 25.7 Å². The summed E-state index contributed by atoms with van der Waals surface area (Å²) in [7, 11) is -9.69. The highest BCUT2D eigenvalue weighted by Crippen LogP contribution is 2.63. The summed E-state index contributed by atoms with van der Waals surface area (Å²) in [4.78, 5) is 0.107. The second-order valence-corrected chi connectivity index (χ2v) is 17.7. The van der Waals surface area contributed by atoms with Gasteiger partial charge in [-0.2, -0.15) is 8.42 Å². The van der Waals surface area contributed by atoms with Gasteiger partial charge in [0.05, 0.1) is 4.90 Å². The first-order chi connectivity index (χ1) is 19.6. The van der Waals surface area contributed by atoms with Crippen LogP contribution in [-0.4, -0.2) is 21.4 Å². The van der Waals surface area contributed by atoms with Crippen molar-refractivity contribution in [3.8, 4) is 0 Å². The van der Waals surface area contributed by atoms with Gasteiger partial charge in [-0.25, -0.2) is 12.6 Å². The maximum atomic E-state index is 14.3. The van der Waals surface area contributed by atoms with E-state index in [-0.39, 0.29) is 15.9 Å². The summed E-state index contributed by atoms with van der Waals surface area (Å²) in [6.45, 7) is 0. The summed E-state index contributed by atoms with van der Waals surface area (Å²) < 4.78 is 71.2. The molecule has 1 atom stereocenters. The van der Waals surface area contributed by atoms with Crippen LogP contribution < -0.4 is 0 Å². The molecule has 220 valence electrons. The molecule has 0 aromatic heterocycles. The van der Waals surface area contributed by atoms with Crippen LogP contribution in [0.5, 0.6) is 0 Å². The van der Waals surface area contributed by atoms with Crippen LogP contribution in [0.15, 0.2) is 53.4 Å². The number of benzene rings is 2. The minimum atomic E-state index is -5.11. The second-order valence-electron chi connectivity index (χ2n) is 14.7. The molecule has 8 fully saturated rings. The van der Waals surface area contributed by atoms with Crippen molar-refractivity contribution in [1.82, 2.24) is 0 Å². The van der Waals surface area contributed by atoms with Crippen molar-refractivity contribution in [2.45, 2.75) is 92.3 Å². The summed E-state index contributed by atoms with van der Waals surface area (Å²) in [5.41, 5.74) is -0.487. The third-order valence-electron chi connectivity index (χ3n) is 12.0. The minimum Gasteiger partial charge on any atom is -0.746 e. The monoisotopic (exact) mass is 595 g/mol. The van der Waals surface area contributed by atoms with Gasteiger partial charge in [0.25, 0.3) is 10.1 Å². The Morgan fingerprint density at radius 3 is 1.78 bits per heavy atom. The molecule has 0 aliphatic heterocycles. The van der Waals surface area contributed by atoms with E-state index in [0.717, 1.165) is 42.2 Å². The van der Waals surface area contributed by atoms with Gasteiger partial charge < -0.3 is 4.55 Å². The third kappa shape index (κ3) is 4.54. The van der Waals surface area contributed by atoms with Crippen LogP contribution in [0.3, 0.4) is 0 Å². The van der Waals surface area contributed by atoms with Gasteiger partial charge in [0.15, 0.2) is 5.44 Å². The molecule has 0 N–H and O–H groups in total. The summed E-state index contributed by atoms with van der Waals surface area (Å²) >= 11 is 0. The average Bonchev–Trinajstić information content (AvgIpc) is 2.90. The smallest absolute Gasteiger partial charge is 0.298 e. The summed E-state index contributed by atoms with van der Waals surface area (Å²) in [5, 5.41) is 0. The van der Waals surface area contributed by atoms with Gasteiger partial charge in [0.1, 0.15) is 10.1 Å². The van der Waals surface area contributed by atoms with E-state index in [9.17, 15) is 21.4 Å². The van der Waals surface area contributed by atoms with Crippen molar-refractivity contribution < 1.29 is 25.6 Å². The molecule has 41 heavy (non-hydrogen) atoms. The molecule has 0 spiro atoms. The Kier molecular flexibility index (Phi) is 6.14. The molecule has 8 aliphatic rings. The Labute approximate surface area is 244 Å². The fourth-order valence-electron chi connectivity index (χ4n) is 11.3. The van der Waals surface area contributed by atoms with Crippen LogP contribution >= 0.6 is 0 Å². The lowest BCUT2D eigenvalue weighted by molar-refractivity contribution is -0.00715. The Morgan fingerprint density at radius 1 is 0.707 bits per heavy atom. The Bertz CT molecular complexity index is 1500. The van der Waals surface area contributed by atoms with E-state index in [1.807, 2.05) is 6.07 Å². The van der Waals surface area contributed by atoms with Gasteiger partial charge in [-0.3, -0.25) is 0 Å². The average molecular weight is 596 g/mol. The molecule has 0 saturated heterocycles. The van der Waals surface area contributed by atoms with E-state index in [4.69, 9.17) is 4.18 Å². The predicted octanol–water partition coefficient (Wildman–Crippen LogP) is 6.64. The fraction of sp³-hybridized carbons (Fsp3) is 0.636. The molecule has 0 amide bonds. The predicted molar refractivity (Wildman–Crippen MR) is 153 cm³/mol. The molecular formula is C33H39O6S2-. The highest BCUT2D eigenvalue weighted by molar-refractivity contribution is 7.89. The standard InChI is InChI=1S/C33H40O6S2/c34-40(35,36)32(25-4-2-1-3-5-25)39-41(37,38)30-16-26(31-27-12-20-8-21(14-27)15-28(31)13-20)6-7-29(30)33-17-22-9-23(18-33)11-24(10-22)19-33/h1-7,16,20-24,27-28,31-32H,8-15,17-19H2,(H,34,35,36)/p-1. The molecule has 1 unspecified atom stereocenters. The Hall–Kier alpha value is -1.74. The van der Waals surface area contributed by atoms with Crippen LogP contribution in [0, 0.1) is 41.4 Å². The lowest BCUT2D eigenvalue weighted by atomic mass is 9.48. The fourth-order valence-corrected chi connectivity index (χ4v) is 13.8. The minimum absolute atomic E-state index is 0.0274. The first-order valence-corrected chi connectivity index (χ1v) is 18.5. The third-order valence-corrected chi connectivity index (χ3v) is 14.4. The number of hydrogen-bond donors (Lipinski definition) is 0. The topological polar surface area (TPSA) is 101 Å². The first kappa shape index (κ1) is 26.9. The quantitative estimate of drug-likeness (QED) is 0.263. The first-order valence-electron chi connectivity index (χ1n) is 15.6. The lowest BCUT2D eigenvalue weighted by Gasteiger charge is -2.57. The SMILES string of the molecule is O=S(=O)(OC(c1ccccc1)S(=O)(=O)[O-])c1cc(C2C3CC4CC(C3)CC2C4)ccc1C12CC3CC(CC(C3)C1)C2. The summed E-state index contributed by atoms with van der Waals surface area (Å²) in [5.74, 6) is 4.93. The largest absolute Gasteiger partial charge is 0.746 e. The molecule has 8 heteroatoms. The van der Waals surface area contributed by atoms with E-state index in [1.54, 1.807) is 18.2 Å². The van der Waals surface area contributed by atoms with E-state index in [0.29, 0.717) is 35.5 Å². The van der Waals surface area contributed by atoms with Crippen LogP contribution in [0.1, 0.15) is 98.7 Å². The van der Waals surface area contributed by atoms with Gasteiger partial charge in [-0.05, 0) is 146 Å². The molecule has 8 aliphatic carbocycles. The van der Waals surface area contributed by atoms with E-state index in [1.165, 1.54) is 63.5 Å². The molecule has 0 radical (unpaired) electrons. The highest BCUT2D eigenvalue weighted by atomic mass is 32.2. The normalized spacial score (nSPS) is 39.7. The molecule has 8 saturated carbocycles. The Balaban J connectivity index is 1.24. The maximum absolute atomic E-state index is 14.3. The number of rotatable bonds is 7. The van der Waals surface area contributed by atoms with Crippen molar-refractivity contribution in [2.24, 2.45) is 41.4 Å². The zero-order valence-electron chi connectivity index (χ0n) is 23.4.